The van der Waals surface area contributed by atoms with Crippen molar-refractivity contribution in [1.82, 2.24) is 4.98 Å². The van der Waals surface area contributed by atoms with Gasteiger partial charge in [0, 0.05) is 30.3 Å². The van der Waals surface area contributed by atoms with Crippen LogP contribution in [0.25, 0.3) is 0 Å². The predicted molar refractivity (Wildman–Crippen MR) is 91.0 cm³/mol. The van der Waals surface area contributed by atoms with E-state index in [9.17, 15) is 0 Å². The number of methoxy groups -OCH3 is 2. The first-order valence-corrected chi connectivity index (χ1v) is 7.94. The Hall–Kier alpha value is -1.47. The minimum atomic E-state index is 0.647. The van der Waals surface area contributed by atoms with Crippen LogP contribution in [0.3, 0.4) is 0 Å². The minimum Gasteiger partial charge on any atom is -0.497 e. The van der Waals surface area contributed by atoms with E-state index in [1.165, 1.54) is 0 Å². The second-order valence-corrected chi connectivity index (χ2v) is 6.53. The lowest BCUT2D eigenvalue weighted by molar-refractivity contribution is 0.397. The van der Waals surface area contributed by atoms with E-state index in [0.29, 0.717) is 12.4 Å². The molecular weight excluding hydrogens is 354 g/mol. The van der Waals surface area contributed by atoms with E-state index in [1.54, 1.807) is 25.6 Å². The summed E-state index contributed by atoms with van der Waals surface area (Å²) in [6, 6.07) is 5.87. The topological polar surface area (TPSA) is 46.6 Å². The van der Waals surface area contributed by atoms with Crippen LogP contribution in [-0.2, 0) is 6.54 Å². The molecule has 0 spiro atoms. The predicted octanol–water partition coefficient (Wildman–Crippen LogP) is 3.60. The summed E-state index contributed by atoms with van der Waals surface area (Å²) in [5.74, 6) is 1.47. The minimum absolute atomic E-state index is 0.647. The van der Waals surface area contributed by atoms with E-state index in [0.717, 1.165) is 25.9 Å². The second-order valence-electron chi connectivity index (χ2n) is 4.56. The molecule has 114 valence electrons. The van der Waals surface area contributed by atoms with Crippen LogP contribution in [0.5, 0.6) is 11.6 Å². The Bertz CT molecular complexity index is 616. The molecule has 1 aromatic heterocycles. The molecule has 0 unspecified atom stereocenters. The van der Waals surface area contributed by atoms with Crippen LogP contribution in [0.1, 0.15) is 4.88 Å². The molecule has 0 saturated heterocycles. The van der Waals surface area contributed by atoms with Gasteiger partial charge in [-0.05, 0) is 12.1 Å². The van der Waals surface area contributed by atoms with Crippen molar-refractivity contribution in [3.8, 4) is 11.6 Å². The molecule has 21 heavy (non-hydrogen) atoms. The van der Waals surface area contributed by atoms with Crippen molar-refractivity contribution in [2.75, 3.05) is 38.5 Å². The Morgan fingerprint density at radius 2 is 2.00 bits per heavy atom. The molecule has 0 aliphatic heterocycles. The maximum Gasteiger partial charge on any atom is 0.231 e. The number of thiazole rings is 1. The zero-order chi connectivity index (χ0) is 15.4. The number of ether oxygens (including phenoxy) is 2. The van der Waals surface area contributed by atoms with Crippen LogP contribution in [0, 0.1) is 0 Å². The summed E-state index contributed by atoms with van der Waals surface area (Å²) in [6.45, 7) is 0.647. The highest BCUT2D eigenvalue weighted by Crippen LogP contribution is 2.31. The maximum absolute atomic E-state index is 5.33. The van der Waals surface area contributed by atoms with Crippen molar-refractivity contribution < 1.29 is 9.47 Å². The lowest BCUT2D eigenvalue weighted by Crippen LogP contribution is -2.07. The summed E-state index contributed by atoms with van der Waals surface area (Å²) in [7, 11) is 7.23. The first-order chi connectivity index (χ1) is 10.0. The third-order valence-electron chi connectivity index (χ3n) is 2.79. The van der Waals surface area contributed by atoms with Gasteiger partial charge in [-0.2, -0.15) is 4.98 Å². The second kappa shape index (κ2) is 7.00. The number of anilines is 2. The highest BCUT2D eigenvalue weighted by Gasteiger charge is 2.13. The molecular formula is C14H18BrN3O2S. The first-order valence-electron chi connectivity index (χ1n) is 6.33. The van der Waals surface area contributed by atoms with E-state index in [1.807, 2.05) is 37.2 Å². The Morgan fingerprint density at radius 3 is 2.62 bits per heavy atom. The highest BCUT2D eigenvalue weighted by molar-refractivity contribution is 9.10. The number of hydrogen-bond donors (Lipinski definition) is 1. The lowest BCUT2D eigenvalue weighted by Gasteiger charge is -2.08. The molecule has 1 heterocycles. The quantitative estimate of drug-likeness (QED) is 0.840. The normalized spacial score (nSPS) is 10.3. The van der Waals surface area contributed by atoms with Gasteiger partial charge in [-0.1, -0.05) is 27.3 Å². The van der Waals surface area contributed by atoms with E-state index in [2.05, 4.69) is 26.2 Å². The number of rotatable bonds is 6. The molecule has 2 aromatic rings. The fourth-order valence-corrected chi connectivity index (χ4v) is 3.12. The summed E-state index contributed by atoms with van der Waals surface area (Å²) in [5, 5.41) is 4.29. The molecule has 2 rings (SSSR count). The molecule has 0 aliphatic rings. The first kappa shape index (κ1) is 15.9. The summed E-state index contributed by atoms with van der Waals surface area (Å²) in [4.78, 5) is 7.47. The maximum atomic E-state index is 5.33. The average Bonchev–Trinajstić information content (AvgIpc) is 2.88. The summed E-state index contributed by atoms with van der Waals surface area (Å²) >= 11 is 5.08. The number of nitrogens with zero attached hydrogens (tertiary/aromatic N) is 2. The van der Waals surface area contributed by atoms with Crippen LogP contribution in [-0.4, -0.2) is 33.3 Å². The zero-order valence-corrected chi connectivity index (χ0v) is 14.8. The molecule has 1 N–H and O–H groups in total. The van der Waals surface area contributed by atoms with Gasteiger partial charge in [-0.15, -0.1) is 0 Å². The summed E-state index contributed by atoms with van der Waals surface area (Å²) in [5.41, 5.74) is 0.975. The van der Waals surface area contributed by atoms with Crippen LogP contribution < -0.4 is 19.7 Å². The van der Waals surface area contributed by atoms with Crippen LogP contribution in [0.4, 0.5) is 10.8 Å². The van der Waals surface area contributed by atoms with Crippen molar-refractivity contribution >= 4 is 38.1 Å². The smallest absolute Gasteiger partial charge is 0.231 e. The molecule has 0 radical (unpaired) electrons. The number of benzene rings is 1. The van der Waals surface area contributed by atoms with Gasteiger partial charge in [0.1, 0.15) is 5.75 Å². The molecule has 0 amide bonds. The Balaban J connectivity index is 2.14. The fourth-order valence-electron chi connectivity index (χ4n) is 1.75. The SMILES string of the molecule is COc1cc(Br)cc(NCc2sc(N(C)C)nc2OC)c1. The fraction of sp³-hybridized carbons (Fsp3) is 0.357. The lowest BCUT2D eigenvalue weighted by atomic mass is 10.3. The van der Waals surface area contributed by atoms with E-state index in [4.69, 9.17) is 9.47 Å². The van der Waals surface area contributed by atoms with Gasteiger partial charge in [-0.25, -0.2) is 0 Å². The van der Waals surface area contributed by atoms with Crippen molar-refractivity contribution in [2.45, 2.75) is 6.54 Å². The van der Waals surface area contributed by atoms with Crippen LogP contribution >= 0.6 is 27.3 Å². The summed E-state index contributed by atoms with van der Waals surface area (Å²) in [6.07, 6.45) is 0. The molecule has 0 saturated carbocycles. The van der Waals surface area contributed by atoms with Gasteiger partial charge in [0.05, 0.1) is 25.6 Å². The third kappa shape index (κ3) is 4.01. The molecule has 0 bridgehead atoms. The molecule has 7 heteroatoms. The van der Waals surface area contributed by atoms with Crippen molar-refractivity contribution in [3.63, 3.8) is 0 Å². The van der Waals surface area contributed by atoms with Crippen molar-refractivity contribution in [1.29, 1.82) is 0 Å². The molecule has 0 aliphatic carbocycles. The van der Waals surface area contributed by atoms with Gasteiger partial charge in [-0.3, -0.25) is 0 Å². The average molecular weight is 372 g/mol. The number of nitrogens with one attached hydrogen (secondary N) is 1. The van der Waals surface area contributed by atoms with E-state index >= 15 is 0 Å². The van der Waals surface area contributed by atoms with Gasteiger partial charge < -0.3 is 19.7 Å². The Kier molecular flexibility index (Phi) is 5.30. The van der Waals surface area contributed by atoms with Crippen LogP contribution in [0.15, 0.2) is 22.7 Å². The van der Waals surface area contributed by atoms with Crippen LogP contribution in [0.2, 0.25) is 0 Å². The third-order valence-corrected chi connectivity index (χ3v) is 4.45. The largest absolute Gasteiger partial charge is 0.497 e. The number of hydrogen-bond acceptors (Lipinski definition) is 6. The number of aromatic nitrogens is 1. The van der Waals surface area contributed by atoms with Gasteiger partial charge in [0.15, 0.2) is 5.13 Å². The Morgan fingerprint density at radius 1 is 1.24 bits per heavy atom. The van der Waals surface area contributed by atoms with Gasteiger partial charge >= 0.3 is 0 Å². The van der Waals surface area contributed by atoms with Crippen molar-refractivity contribution in [2.24, 2.45) is 0 Å². The highest BCUT2D eigenvalue weighted by atomic mass is 79.9. The Labute approximate surface area is 137 Å². The number of halogens is 1. The van der Waals surface area contributed by atoms with Gasteiger partial charge in [0.2, 0.25) is 5.88 Å². The standard InChI is InChI=1S/C14H18BrN3O2S/c1-18(2)14-17-13(20-4)12(21-14)8-16-10-5-9(15)6-11(7-10)19-3/h5-7,16H,8H2,1-4H3. The molecule has 0 atom stereocenters. The molecule has 0 fully saturated rings. The van der Waals surface area contributed by atoms with E-state index < -0.39 is 0 Å². The van der Waals surface area contributed by atoms with Crippen molar-refractivity contribution in [3.05, 3.63) is 27.5 Å². The van der Waals surface area contributed by atoms with E-state index in [-0.39, 0.29) is 0 Å². The van der Waals surface area contributed by atoms with Gasteiger partial charge in [0.25, 0.3) is 0 Å². The monoisotopic (exact) mass is 371 g/mol. The molecule has 1 aromatic carbocycles. The molecule has 5 nitrogen and oxygen atoms in total. The zero-order valence-electron chi connectivity index (χ0n) is 12.4. The summed E-state index contributed by atoms with van der Waals surface area (Å²) < 4.78 is 11.6.